The summed E-state index contributed by atoms with van der Waals surface area (Å²) < 4.78 is 5.47. The van der Waals surface area contributed by atoms with Gasteiger partial charge in [0.1, 0.15) is 11.8 Å². The van der Waals surface area contributed by atoms with E-state index in [9.17, 15) is 4.79 Å². The second kappa shape index (κ2) is 4.61. The van der Waals surface area contributed by atoms with Gasteiger partial charge < -0.3 is 15.8 Å². The van der Waals surface area contributed by atoms with E-state index in [1.54, 1.807) is 0 Å². The lowest BCUT2D eigenvalue weighted by molar-refractivity contribution is -0.120. The molecule has 0 bridgehead atoms. The number of nitrogens with one attached hydrogen (secondary N) is 1. The first-order valence-corrected chi connectivity index (χ1v) is 6.52. The zero-order chi connectivity index (χ0) is 12.5. The number of nitrogens with two attached hydrogens (primary N) is 1. The Hall–Kier alpha value is -1.55. The molecular weight excluding hydrogens is 228 g/mol. The number of hydrogen-bond acceptors (Lipinski definition) is 3. The average molecular weight is 246 g/mol. The van der Waals surface area contributed by atoms with Gasteiger partial charge in [-0.2, -0.15) is 0 Å². The Kier molecular flexibility index (Phi) is 2.96. The van der Waals surface area contributed by atoms with Crippen molar-refractivity contribution in [3.8, 4) is 5.75 Å². The van der Waals surface area contributed by atoms with Gasteiger partial charge >= 0.3 is 0 Å². The van der Waals surface area contributed by atoms with Gasteiger partial charge in [-0.25, -0.2) is 0 Å². The van der Waals surface area contributed by atoms with Gasteiger partial charge in [-0.15, -0.1) is 0 Å². The molecule has 3 N–H and O–H groups in total. The lowest BCUT2D eigenvalue weighted by atomic mass is 10.0. The number of hydrogen-bond donors (Lipinski definition) is 2. The average Bonchev–Trinajstić information content (AvgIpc) is 3.05. The number of fused-ring (bicyclic) bond motifs is 1. The largest absolute Gasteiger partial charge is 0.493 e. The molecule has 18 heavy (non-hydrogen) atoms. The molecule has 3 rings (SSSR count). The summed E-state index contributed by atoms with van der Waals surface area (Å²) in [5.41, 5.74) is 7.61. The summed E-state index contributed by atoms with van der Waals surface area (Å²) >= 11 is 0. The quantitative estimate of drug-likeness (QED) is 0.819. The van der Waals surface area contributed by atoms with Crippen molar-refractivity contribution < 1.29 is 9.53 Å². The number of amides is 1. The van der Waals surface area contributed by atoms with Gasteiger partial charge in [0.05, 0.1) is 6.61 Å². The lowest BCUT2D eigenvalue weighted by Crippen LogP contribution is -2.34. The molecule has 4 nitrogen and oxygen atoms in total. The molecule has 1 saturated carbocycles. The third-order valence-corrected chi connectivity index (χ3v) is 3.64. The summed E-state index contributed by atoms with van der Waals surface area (Å²) in [4.78, 5) is 11.6. The van der Waals surface area contributed by atoms with Crippen LogP contribution in [0.2, 0.25) is 0 Å². The smallest absolute Gasteiger partial charge is 0.239 e. The van der Waals surface area contributed by atoms with Crippen LogP contribution in [0.5, 0.6) is 5.75 Å². The molecule has 0 aromatic heterocycles. The van der Waals surface area contributed by atoms with Crippen LogP contribution in [-0.4, -0.2) is 19.1 Å². The lowest BCUT2D eigenvalue weighted by Gasteiger charge is -2.16. The van der Waals surface area contributed by atoms with Crippen LogP contribution < -0.4 is 15.8 Å². The van der Waals surface area contributed by atoms with Crippen molar-refractivity contribution in [3.05, 3.63) is 29.3 Å². The first kappa shape index (κ1) is 11.5. The fourth-order valence-corrected chi connectivity index (χ4v) is 2.38. The highest BCUT2D eigenvalue weighted by Gasteiger charge is 2.25. The Bertz CT molecular complexity index is 469. The van der Waals surface area contributed by atoms with E-state index in [-0.39, 0.29) is 11.9 Å². The number of carbonyl (C=O) groups is 1. The minimum Gasteiger partial charge on any atom is -0.493 e. The molecule has 0 radical (unpaired) electrons. The fraction of sp³-hybridized carbons (Fsp3) is 0.500. The minimum atomic E-state index is -0.378. The molecule has 1 atom stereocenters. The Morgan fingerprint density at radius 3 is 3.06 bits per heavy atom. The van der Waals surface area contributed by atoms with Crippen LogP contribution >= 0.6 is 0 Å². The van der Waals surface area contributed by atoms with E-state index in [1.165, 1.54) is 18.4 Å². The van der Waals surface area contributed by atoms with Gasteiger partial charge in [0.25, 0.3) is 0 Å². The molecule has 1 amide bonds. The first-order valence-electron chi connectivity index (χ1n) is 6.52. The van der Waals surface area contributed by atoms with Gasteiger partial charge in [-0.05, 0) is 48.6 Å². The van der Waals surface area contributed by atoms with Crippen LogP contribution in [0.3, 0.4) is 0 Å². The predicted octanol–water partition coefficient (Wildman–Crippen LogP) is 1.15. The van der Waals surface area contributed by atoms with Gasteiger partial charge in [-0.1, -0.05) is 6.07 Å². The Morgan fingerprint density at radius 1 is 1.50 bits per heavy atom. The highest BCUT2D eigenvalue weighted by Crippen LogP contribution is 2.30. The van der Waals surface area contributed by atoms with Gasteiger partial charge in [-0.3, -0.25) is 4.79 Å². The van der Waals surface area contributed by atoms with Crippen LogP contribution in [0.1, 0.15) is 30.0 Å². The van der Waals surface area contributed by atoms with Crippen LogP contribution in [0, 0.1) is 5.92 Å². The zero-order valence-electron chi connectivity index (χ0n) is 10.3. The van der Waals surface area contributed by atoms with Crippen LogP contribution in [0.4, 0.5) is 0 Å². The highest BCUT2D eigenvalue weighted by molar-refractivity contribution is 5.81. The Labute approximate surface area is 107 Å². The van der Waals surface area contributed by atoms with Crippen molar-refractivity contribution in [1.29, 1.82) is 0 Å². The van der Waals surface area contributed by atoms with E-state index in [0.29, 0.717) is 0 Å². The zero-order valence-corrected chi connectivity index (χ0v) is 10.3. The summed E-state index contributed by atoms with van der Waals surface area (Å²) in [7, 11) is 0. The second-order valence-electron chi connectivity index (χ2n) is 5.15. The van der Waals surface area contributed by atoms with E-state index in [2.05, 4.69) is 5.32 Å². The molecule has 96 valence electrons. The molecule has 1 aliphatic heterocycles. The van der Waals surface area contributed by atoms with Crippen LogP contribution in [-0.2, 0) is 11.2 Å². The molecule has 2 aliphatic rings. The number of carbonyl (C=O) groups excluding carboxylic acids is 1. The summed E-state index contributed by atoms with van der Waals surface area (Å²) in [6, 6.07) is 5.53. The molecule has 0 saturated heterocycles. The van der Waals surface area contributed by atoms with E-state index in [0.717, 1.165) is 36.8 Å². The molecule has 0 spiro atoms. The van der Waals surface area contributed by atoms with Gasteiger partial charge in [0.15, 0.2) is 0 Å². The number of benzene rings is 1. The van der Waals surface area contributed by atoms with E-state index in [1.807, 2.05) is 18.2 Å². The molecular formula is C14H18N2O2. The van der Waals surface area contributed by atoms with Crippen molar-refractivity contribution in [2.45, 2.75) is 25.3 Å². The maximum atomic E-state index is 11.6. The molecule has 1 heterocycles. The van der Waals surface area contributed by atoms with Gasteiger partial charge in [0, 0.05) is 6.42 Å². The van der Waals surface area contributed by atoms with Crippen molar-refractivity contribution in [1.82, 2.24) is 5.32 Å². The molecule has 1 aromatic rings. The maximum absolute atomic E-state index is 11.6. The normalized spacial score (nSPS) is 19.1. The fourth-order valence-electron chi connectivity index (χ4n) is 2.38. The second-order valence-corrected chi connectivity index (χ2v) is 5.15. The summed E-state index contributed by atoms with van der Waals surface area (Å²) in [5.74, 6) is 1.35. The van der Waals surface area contributed by atoms with Crippen molar-refractivity contribution in [3.63, 3.8) is 0 Å². The van der Waals surface area contributed by atoms with E-state index < -0.39 is 0 Å². The minimum absolute atomic E-state index is 0.311. The number of primary amides is 1. The molecule has 1 aromatic carbocycles. The third kappa shape index (κ3) is 2.34. The third-order valence-electron chi connectivity index (χ3n) is 3.64. The maximum Gasteiger partial charge on any atom is 0.239 e. The van der Waals surface area contributed by atoms with Crippen molar-refractivity contribution >= 4 is 5.91 Å². The molecule has 4 heteroatoms. The van der Waals surface area contributed by atoms with Crippen molar-refractivity contribution in [2.24, 2.45) is 11.7 Å². The number of rotatable bonds is 5. The SMILES string of the molecule is NC(=O)C(NCC1CC1)c1ccc2c(c1)CCO2. The first-order chi connectivity index (χ1) is 8.74. The van der Waals surface area contributed by atoms with Crippen LogP contribution in [0.15, 0.2) is 18.2 Å². The standard InChI is InChI=1S/C14H18N2O2/c15-14(17)13(16-8-9-1-2-9)11-3-4-12-10(7-11)5-6-18-12/h3-4,7,9,13,16H,1-2,5-6,8H2,(H2,15,17). The summed E-state index contributed by atoms with van der Waals surface area (Å²) in [5, 5.41) is 3.27. The van der Waals surface area contributed by atoms with E-state index in [4.69, 9.17) is 10.5 Å². The van der Waals surface area contributed by atoms with Gasteiger partial charge in [0.2, 0.25) is 5.91 Å². The Balaban J connectivity index is 1.77. The summed E-state index contributed by atoms with van der Waals surface area (Å²) in [6.07, 6.45) is 3.43. The molecule has 1 aliphatic carbocycles. The van der Waals surface area contributed by atoms with Crippen molar-refractivity contribution in [2.75, 3.05) is 13.2 Å². The topological polar surface area (TPSA) is 64.4 Å². The Morgan fingerprint density at radius 2 is 2.33 bits per heavy atom. The van der Waals surface area contributed by atoms with Crippen LogP contribution in [0.25, 0.3) is 0 Å². The highest BCUT2D eigenvalue weighted by atomic mass is 16.5. The monoisotopic (exact) mass is 246 g/mol. The molecule has 1 fully saturated rings. The van der Waals surface area contributed by atoms with E-state index >= 15 is 0 Å². The molecule has 1 unspecified atom stereocenters. The summed E-state index contributed by atoms with van der Waals surface area (Å²) in [6.45, 7) is 1.61. The predicted molar refractivity (Wildman–Crippen MR) is 68.3 cm³/mol. The number of ether oxygens (including phenoxy) is 1.